The van der Waals surface area contributed by atoms with Gasteiger partial charge < -0.3 is 4.74 Å². The topological polar surface area (TPSA) is 65.1 Å². The second-order valence-corrected chi connectivity index (χ2v) is 6.05. The molecule has 20 heavy (non-hydrogen) atoms. The molecule has 3 heterocycles. The highest BCUT2D eigenvalue weighted by molar-refractivity contribution is 5.13. The molecule has 3 N–H and O–H groups in total. The van der Waals surface area contributed by atoms with E-state index in [2.05, 4.69) is 35.1 Å². The second kappa shape index (κ2) is 5.84. The van der Waals surface area contributed by atoms with Crippen molar-refractivity contribution in [2.24, 2.45) is 11.8 Å². The van der Waals surface area contributed by atoms with E-state index >= 15 is 0 Å². The first-order valence-corrected chi connectivity index (χ1v) is 7.92. The van der Waals surface area contributed by atoms with Crippen LogP contribution in [0.1, 0.15) is 44.5 Å². The molecule has 3 rings (SSSR count). The van der Waals surface area contributed by atoms with E-state index in [1.54, 1.807) is 0 Å². The zero-order chi connectivity index (χ0) is 14.1. The Hall–Kier alpha value is -0.910. The SMILES string of the molecule is CCc1cc(CC(NN)C2CC3CCC2O3)n(CC)n1. The first-order chi connectivity index (χ1) is 9.75. The van der Waals surface area contributed by atoms with Gasteiger partial charge >= 0.3 is 0 Å². The lowest BCUT2D eigenvalue weighted by molar-refractivity contribution is 0.0855. The van der Waals surface area contributed by atoms with Crippen molar-refractivity contribution in [3.8, 4) is 0 Å². The maximum atomic E-state index is 5.97. The van der Waals surface area contributed by atoms with Gasteiger partial charge in [0, 0.05) is 30.6 Å². The van der Waals surface area contributed by atoms with Gasteiger partial charge in [-0.2, -0.15) is 5.10 Å². The smallest absolute Gasteiger partial charge is 0.0624 e. The predicted octanol–water partition coefficient (Wildman–Crippen LogP) is 1.41. The molecule has 2 aliphatic rings. The molecule has 4 atom stereocenters. The number of hydrogen-bond acceptors (Lipinski definition) is 4. The fraction of sp³-hybridized carbons (Fsp3) is 0.800. The van der Waals surface area contributed by atoms with Crippen molar-refractivity contribution in [2.75, 3.05) is 0 Å². The number of ether oxygens (including phenoxy) is 1. The Morgan fingerprint density at radius 2 is 2.35 bits per heavy atom. The van der Waals surface area contributed by atoms with E-state index in [-0.39, 0.29) is 6.04 Å². The van der Waals surface area contributed by atoms with Crippen LogP contribution in [0.25, 0.3) is 0 Å². The Bertz CT molecular complexity index is 459. The van der Waals surface area contributed by atoms with Crippen LogP contribution >= 0.6 is 0 Å². The summed E-state index contributed by atoms with van der Waals surface area (Å²) in [6, 6.07) is 2.51. The predicted molar refractivity (Wildman–Crippen MR) is 78.1 cm³/mol. The summed E-state index contributed by atoms with van der Waals surface area (Å²) in [7, 11) is 0. The molecule has 2 aliphatic heterocycles. The molecule has 112 valence electrons. The molecule has 5 heteroatoms. The molecule has 0 saturated carbocycles. The molecule has 2 saturated heterocycles. The third kappa shape index (κ3) is 2.50. The van der Waals surface area contributed by atoms with Gasteiger partial charge in [-0.25, -0.2) is 0 Å². The third-order valence-corrected chi connectivity index (χ3v) is 4.89. The Morgan fingerprint density at radius 3 is 2.90 bits per heavy atom. The third-order valence-electron chi connectivity index (χ3n) is 4.89. The highest BCUT2D eigenvalue weighted by Crippen LogP contribution is 2.40. The molecule has 2 bridgehead atoms. The zero-order valence-corrected chi connectivity index (χ0v) is 12.5. The van der Waals surface area contributed by atoms with Crippen molar-refractivity contribution in [1.82, 2.24) is 15.2 Å². The van der Waals surface area contributed by atoms with Gasteiger partial charge in [0.2, 0.25) is 0 Å². The van der Waals surface area contributed by atoms with E-state index in [4.69, 9.17) is 10.6 Å². The summed E-state index contributed by atoms with van der Waals surface area (Å²) in [4.78, 5) is 0. The van der Waals surface area contributed by atoms with Crippen molar-refractivity contribution in [3.05, 3.63) is 17.5 Å². The Morgan fingerprint density at radius 1 is 1.50 bits per heavy atom. The number of aryl methyl sites for hydroxylation is 2. The summed E-state index contributed by atoms with van der Waals surface area (Å²) in [6.45, 7) is 5.20. The van der Waals surface area contributed by atoms with Crippen molar-refractivity contribution < 1.29 is 4.74 Å². The van der Waals surface area contributed by atoms with Gasteiger partial charge in [-0.3, -0.25) is 16.0 Å². The quantitative estimate of drug-likeness (QED) is 0.610. The fourth-order valence-electron chi connectivity index (χ4n) is 3.79. The van der Waals surface area contributed by atoms with Gasteiger partial charge in [-0.15, -0.1) is 0 Å². The van der Waals surface area contributed by atoms with Crippen LogP contribution in [0, 0.1) is 5.92 Å². The summed E-state index contributed by atoms with van der Waals surface area (Å²) in [5.74, 6) is 6.37. The highest BCUT2D eigenvalue weighted by atomic mass is 16.5. The molecule has 4 unspecified atom stereocenters. The van der Waals surface area contributed by atoms with Crippen molar-refractivity contribution in [1.29, 1.82) is 0 Å². The largest absolute Gasteiger partial charge is 0.375 e. The van der Waals surface area contributed by atoms with E-state index < -0.39 is 0 Å². The molecule has 5 nitrogen and oxygen atoms in total. The molecule has 0 radical (unpaired) electrons. The Kier molecular flexibility index (Phi) is 4.10. The van der Waals surface area contributed by atoms with Crippen molar-refractivity contribution >= 4 is 0 Å². The van der Waals surface area contributed by atoms with Crippen LogP contribution in [0.3, 0.4) is 0 Å². The minimum absolute atomic E-state index is 0.289. The fourth-order valence-corrected chi connectivity index (χ4v) is 3.79. The molecular formula is C15H26N4O. The average Bonchev–Trinajstić information content (AvgIpc) is 3.18. The lowest BCUT2D eigenvalue weighted by Crippen LogP contribution is -2.46. The number of fused-ring (bicyclic) bond motifs is 2. The van der Waals surface area contributed by atoms with Gasteiger partial charge in [-0.1, -0.05) is 6.92 Å². The maximum absolute atomic E-state index is 5.97. The first-order valence-electron chi connectivity index (χ1n) is 7.92. The van der Waals surface area contributed by atoms with Crippen LogP contribution in [0.15, 0.2) is 6.07 Å². The van der Waals surface area contributed by atoms with E-state index in [1.165, 1.54) is 24.2 Å². The molecule has 1 aromatic rings. The summed E-state index contributed by atoms with van der Waals surface area (Å²) in [6.07, 6.45) is 6.38. The van der Waals surface area contributed by atoms with Crippen LogP contribution in [-0.4, -0.2) is 28.0 Å². The summed E-state index contributed by atoms with van der Waals surface area (Å²) in [5.41, 5.74) is 5.49. The normalized spacial score (nSPS) is 30.1. The van der Waals surface area contributed by atoms with Crippen LogP contribution in [-0.2, 0) is 24.1 Å². The number of nitrogens with one attached hydrogen (secondary N) is 1. The number of rotatable bonds is 6. The zero-order valence-electron chi connectivity index (χ0n) is 12.5. The van der Waals surface area contributed by atoms with E-state index in [0.29, 0.717) is 18.1 Å². The lowest BCUT2D eigenvalue weighted by atomic mass is 9.82. The number of nitrogens with zero attached hydrogens (tertiary/aromatic N) is 2. The van der Waals surface area contributed by atoms with Gasteiger partial charge in [0.15, 0.2) is 0 Å². The van der Waals surface area contributed by atoms with Gasteiger partial charge in [0.1, 0.15) is 0 Å². The minimum Gasteiger partial charge on any atom is -0.375 e. The molecule has 0 amide bonds. The Labute approximate surface area is 120 Å². The molecule has 0 aliphatic carbocycles. The van der Waals surface area contributed by atoms with Crippen LogP contribution in [0.2, 0.25) is 0 Å². The Balaban J connectivity index is 1.73. The highest BCUT2D eigenvalue weighted by Gasteiger charge is 2.44. The molecule has 0 aromatic carbocycles. The molecule has 0 spiro atoms. The van der Waals surface area contributed by atoms with E-state index in [0.717, 1.165) is 25.8 Å². The van der Waals surface area contributed by atoms with E-state index in [9.17, 15) is 0 Å². The number of hydrogen-bond donors (Lipinski definition) is 2. The number of nitrogens with two attached hydrogens (primary N) is 1. The number of hydrazine groups is 1. The first kappa shape index (κ1) is 14.0. The monoisotopic (exact) mass is 278 g/mol. The summed E-state index contributed by atoms with van der Waals surface area (Å²) in [5, 5.41) is 4.63. The molecule has 1 aromatic heterocycles. The van der Waals surface area contributed by atoms with Gasteiger partial charge in [0.25, 0.3) is 0 Å². The summed E-state index contributed by atoms with van der Waals surface area (Å²) < 4.78 is 8.08. The number of aromatic nitrogens is 2. The van der Waals surface area contributed by atoms with Crippen LogP contribution < -0.4 is 11.3 Å². The van der Waals surface area contributed by atoms with Crippen molar-refractivity contribution in [3.63, 3.8) is 0 Å². The maximum Gasteiger partial charge on any atom is 0.0624 e. The van der Waals surface area contributed by atoms with Crippen LogP contribution in [0.5, 0.6) is 0 Å². The van der Waals surface area contributed by atoms with Crippen molar-refractivity contribution in [2.45, 2.75) is 70.7 Å². The van der Waals surface area contributed by atoms with E-state index in [1.807, 2.05) is 0 Å². The van der Waals surface area contributed by atoms with Gasteiger partial charge in [0.05, 0.1) is 17.9 Å². The van der Waals surface area contributed by atoms with Gasteiger partial charge in [-0.05, 0) is 38.7 Å². The van der Waals surface area contributed by atoms with Crippen LogP contribution in [0.4, 0.5) is 0 Å². The standard InChI is InChI=1S/C15H26N4O/c1-3-10-7-11(19(4-2)18-10)8-14(17-16)13-9-12-5-6-15(13)20-12/h7,12-15,17H,3-6,8-9,16H2,1-2H3. The molecule has 2 fully saturated rings. The lowest BCUT2D eigenvalue weighted by Gasteiger charge is -2.28. The average molecular weight is 278 g/mol. The minimum atomic E-state index is 0.289. The molecular weight excluding hydrogens is 252 g/mol. The second-order valence-electron chi connectivity index (χ2n) is 6.05. The summed E-state index contributed by atoms with van der Waals surface area (Å²) >= 11 is 0.